The SMILES string of the molecule is C=CCOc1ccc(/C=C(/C#N)C(=O)N(C)C)cc1OCC. The lowest BCUT2D eigenvalue weighted by Gasteiger charge is -2.12. The number of hydrogen-bond acceptors (Lipinski definition) is 4. The number of likely N-dealkylation sites (N-methyl/N-ethyl adjacent to an activating group) is 1. The van der Waals surface area contributed by atoms with Crippen LogP contribution < -0.4 is 9.47 Å². The third-order valence-electron chi connectivity index (χ3n) is 2.69. The average molecular weight is 300 g/mol. The van der Waals surface area contributed by atoms with Crippen molar-refractivity contribution < 1.29 is 14.3 Å². The van der Waals surface area contributed by atoms with E-state index in [-0.39, 0.29) is 11.5 Å². The van der Waals surface area contributed by atoms with Crippen molar-refractivity contribution in [1.82, 2.24) is 4.90 Å². The molecule has 0 radical (unpaired) electrons. The van der Waals surface area contributed by atoms with Gasteiger partial charge in [-0.05, 0) is 30.7 Å². The Morgan fingerprint density at radius 3 is 2.64 bits per heavy atom. The summed E-state index contributed by atoms with van der Waals surface area (Å²) in [5.41, 5.74) is 0.758. The van der Waals surface area contributed by atoms with E-state index < -0.39 is 0 Å². The second kappa shape index (κ2) is 8.53. The maximum absolute atomic E-state index is 11.9. The minimum atomic E-state index is -0.340. The van der Waals surface area contributed by atoms with Crippen molar-refractivity contribution in [2.24, 2.45) is 0 Å². The van der Waals surface area contributed by atoms with Crippen molar-refractivity contribution in [3.05, 3.63) is 42.0 Å². The molecule has 5 nitrogen and oxygen atoms in total. The summed E-state index contributed by atoms with van der Waals surface area (Å²) in [6.45, 7) is 6.33. The number of nitrogens with zero attached hydrogens (tertiary/aromatic N) is 2. The van der Waals surface area contributed by atoms with E-state index in [1.807, 2.05) is 13.0 Å². The summed E-state index contributed by atoms with van der Waals surface area (Å²) in [6.07, 6.45) is 3.18. The lowest BCUT2D eigenvalue weighted by atomic mass is 10.1. The first kappa shape index (κ1) is 17.3. The van der Waals surface area contributed by atoms with Gasteiger partial charge in [-0.3, -0.25) is 4.79 Å². The van der Waals surface area contributed by atoms with Crippen molar-refractivity contribution in [3.63, 3.8) is 0 Å². The molecule has 0 saturated heterocycles. The van der Waals surface area contributed by atoms with E-state index >= 15 is 0 Å². The summed E-state index contributed by atoms with van der Waals surface area (Å²) in [6, 6.07) is 7.17. The zero-order valence-corrected chi connectivity index (χ0v) is 13.1. The molecule has 0 aliphatic heterocycles. The summed E-state index contributed by atoms with van der Waals surface area (Å²) >= 11 is 0. The maximum Gasteiger partial charge on any atom is 0.264 e. The Labute approximate surface area is 131 Å². The van der Waals surface area contributed by atoms with Crippen LogP contribution in [0, 0.1) is 11.3 Å². The molecule has 0 aromatic heterocycles. The van der Waals surface area contributed by atoms with Gasteiger partial charge in [0.2, 0.25) is 0 Å². The predicted octanol–water partition coefficient (Wildman–Crippen LogP) is 2.65. The molecule has 1 aromatic carbocycles. The summed E-state index contributed by atoms with van der Waals surface area (Å²) in [4.78, 5) is 13.2. The number of amides is 1. The third-order valence-corrected chi connectivity index (χ3v) is 2.69. The Bertz CT molecular complexity index is 613. The molecule has 0 heterocycles. The smallest absolute Gasteiger partial charge is 0.264 e. The Morgan fingerprint density at radius 1 is 1.36 bits per heavy atom. The molecule has 5 heteroatoms. The van der Waals surface area contributed by atoms with E-state index in [0.717, 1.165) is 0 Å². The van der Waals surface area contributed by atoms with Gasteiger partial charge in [0.1, 0.15) is 18.2 Å². The Balaban J connectivity index is 3.15. The molecule has 0 unspecified atom stereocenters. The first-order valence-electron chi connectivity index (χ1n) is 6.87. The molecule has 1 aromatic rings. The van der Waals surface area contributed by atoms with Crippen LogP contribution in [0.25, 0.3) is 6.08 Å². The number of carbonyl (C=O) groups excluding carboxylic acids is 1. The van der Waals surface area contributed by atoms with E-state index in [9.17, 15) is 4.79 Å². The van der Waals surface area contributed by atoms with E-state index in [4.69, 9.17) is 14.7 Å². The van der Waals surface area contributed by atoms with Gasteiger partial charge < -0.3 is 14.4 Å². The molecule has 0 aliphatic carbocycles. The van der Waals surface area contributed by atoms with E-state index in [1.54, 1.807) is 38.4 Å². The predicted molar refractivity (Wildman–Crippen MR) is 85.6 cm³/mol. The summed E-state index contributed by atoms with van der Waals surface area (Å²) < 4.78 is 11.0. The molecule has 0 fully saturated rings. The summed E-state index contributed by atoms with van der Waals surface area (Å²) in [5.74, 6) is 0.816. The minimum Gasteiger partial charge on any atom is -0.490 e. The van der Waals surface area contributed by atoms with Crippen molar-refractivity contribution in [2.75, 3.05) is 27.3 Å². The van der Waals surface area contributed by atoms with Crippen LogP contribution in [0.2, 0.25) is 0 Å². The van der Waals surface area contributed by atoms with Crippen molar-refractivity contribution in [2.45, 2.75) is 6.92 Å². The van der Waals surface area contributed by atoms with E-state index in [2.05, 4.69) is 6.58 Å². The standard InChI is InChI=1S/C17H20N2O3/c1-5-9-22-15-8-7-13(11-16(15)21-6-2)10-14(12-18)17(20)19(3)4/h5,7-8,10-11H,1,6,9H2,2-4H3/b14-10-. The summed E-state index contributed by atoms with van der Waals surface area (Å²) in [5, 5.41) is 9.12. The molecule has 0 aliphatic rings. The first-order valence-corrected chi connectivity index (χ1v) is 6.87. The van der Waals surface area contributed by atoms with Gasteiger partial charge in [-0.25, -0.2) is 0 Å². The fourth-order valence-corrected chi connectivity index (χ4v) is 1.70. The molecule has 1 amide bonds. The van der Waals surface area contributed by atoms with Crippen LogP contribution in [0.15, 0.2) is 36.4 Å². The molecule has 22 heavy (non-hydrogen) atoms. The third kappa shape index (κ3) is 4.67. The van der Waals surface area contributed by atoms with Crippen LogP contribution in [0.1, 0.15) is 12.5 Å². The van der Waals surface area contributed by atoms with E-state index in [1.165, 1.54) is 11.0 Å². The molecule has 0 N–H and O–H groups in total. The largest absolute Gasteiger partial charge is 0.490 e. The molecule has 1 rings (SSSR count). The van der Waals surface area contributed by atoms with Gasteiger partial charge in [0, 0.05) is 14.1 Å². The highest BCUT2D eigenvalue weighted by Crippen LogP contribution is 2.29. The van der Waals surface area contributed by atoms with Crippen molar-refractivity contribution in [1.29, 1.82) is 5.26 Å². The maximum atomic E-state index is 11.9. The molecule has 0 bridgehead atoms. The molecule has 0 saturated carbocycles. The van der Waals surface area contributed by atoms with Crippen LogP contribution in [-0.4, -0.2) is 38.1 Å². The lowest BCUT2D eigenvalue weighted by Crippen LogP contribution is -2.22. The van der Waals surface area contributed by atoms with Gasteiger partial charge in [0.25, 0.3) is 5.91 Å². The highest BCUT2D eigenvalue weighted by molar-refractivity contribution is 6.01. The minimum absolute atomic E-state index is 0.0622. The second-order valence-corrected chi connectivity index (χ2v) is 4.61. The van der Waals surface area contributed by atoms with Gasteiger partial charge in [0.15, 0.2) is 11.5 Å². The van der Waals surface area contributed by atoms with Gasteiger partial charge in [0.05, 0.1) is 6.61 Å². The number of ether oxygens (including phenoxy) is 2. The fourth-order valence-electron chi connectivity index (χ4n) is 1.70. The zero-order chi connectivity index (χ0) is 16.5. The zero-order valence-electron chi connectivity index (χ0n) is 13.1. The van der Waals surface area contributed by atoms with Crippen LogP contribution in [0.5, 0.6) is 11.5 Å². The molecule has 0 spiro atoms. The normalized spacial score (nSPS) is 10.5. The number of hydrogen-bond donors (Lipinski definition) is 0. The highest BCUT2D eigenvalue weighted by atomic mass is 16.5. The van der Waals surface area contributed by atoms with Crippen LogP contribution in [0.3, 0.4) is 0 Å². The quantitative estimate of drug-likeness (QED) is 0.441. The Kier molecular flexibility index (Phi) is 6.71. The van der Waals surface area contributed by atoms with Crippen LogP contribution >= 0.6 is 0 Å². The van der Waals surface area contributed by atoms with Gasteiger partial charge in [-0.2, -0.15) is 5.26 Å². The highest BCUT2D eigenvalue weighted by Gasteiger charge is 2.12. The van der Waals surface area contributed by atoms with Crippen LogP contribution in [0.4, 0.5) is 0 Å². The molecule has 116 valence electrons. The average Bonchev–Trinajstić information content (AvgIpc) is 2.51. The Morgan fingerprint density at radius 2 is 2.09 bits per heavy atom. The number of rotatable bonds is 7. The van der Waals surface area contributed by atoms with Gasteiger partial charge >= 0.3 is 0 Å². The molecule has 0 atom stereocenters. The number of nitriles is 1. The number of benzene rings is 1. The number of carbonyl (C=O) groups is 1. The Hall–Kier alpha value is -2.74. The van der Waals surface area contributed by atoms with E-state index in [0.29, 0.717) is 30.3 Å². The summed E-state index contributed by atoms with van der Waals surface area (Å²) in [7, 11) is 3.21. The monoisotopic (exact) mass is 300 g/mol. The van der Waals surface area contributed by atoms with Crippen molar-refractivity contribution >= 4 is 12.0 Å². The van der Waals surface area contributed by atoms with Gasteiger partial charge in [-0.15, -0.1) is 0 Å². The van der Waals surface area contributed by atoms with Crippen molar-refractivity contribution in [3.8, 4) is 17.6 Å². The second-order valence-electron chi connectivity index (χ2n) is 4.61. The topological polar surface area (TPSA) is 62.6 Å². The van der Waals surface area contributed by atoms with Gasteiger partial charge in [-0.1, -0.05) is 18.7 Å². The molecular formula is C17H20N2O3. The first-order chi connectivity index (χ1) is 10.5. The molecular weight excluding hydrogens is 280 g/mol. The lowest BCUT2D eigenvalue weighted by molar-refractivity contribution is -0.124. The van der Waals surface area contributed by atoms with Crippen LogP contribution in [-0.2, 0) is 4.79 Å². The fraction of sp³-hybridized carbons (Fsp3) is 0.294.